The molecule has 2 atom stereocenters. The zero-order chi connectivity index (χ0) is 16.3. The monoisotopic (exact) mass is 302 g/mol. The molecule has 7 nitrogen and oxygen atoms in total. The van der Waals surface area contributed by atoms with Gasteiger partial charge in [0, 0.05) is 13.0 Å². The van der Waals surface area contributed by atoms with Crippen molar-refractivity contribution in [2.45, 2.75) is 58.4 Å². The van der Waals surface area contributed by atoms with Gasteiger partial charge in [-0.15, -0.1) is 0 Å². The Balaban J connectivity index is 4.18. The summed E-state index contributed by atoms with van der Waals surface area (Å²) >= 11 is 0. The third kappa shape index (κ3) is 9.70. The van der Waals surface area contributed by atoms with Crippen LogP contribution in [0, 0.1) is 5.92 Å². The maximum Gasteiger partial charge on any atom is 0.326 e. The van der Waals surface area contributed by atoms with Crippen molar-refractivity contribution in [2.24, 2.45) is 5.92 Å². The van der Waals surface area contributed by atoms with E-state index >= 15 is 0 Å². The highest BCUT2D eigenvalue weighted by atomic mass is 16.4. The van der Waals surface area contributed by atoms with E-state index in [1.165, 1.54) is 0 Å². The molecule has 0 saturated carbocycles. The second kappa shape index (κ2) is 10.9. The van der Waals surface area contributed by atoms with Crippen molar-refractivity contribution in [3.63, 3.8) is 0 Å². The van der Waals surface area contributed by atoms with E-state index in [9.17, 15) is 14.4 Å². The second-order valence-electron chi connectivity index (χ2n) is 5.09. The molecule has 0 heterocycles. The van der Waals surface area contributed by atoms with Crippen LogP contribution in [0.5, 0.6) is 0 Å². The van der Waals surface area contributed by atoms with Crippen molar-refractivity contribution in [1.82, 2.24) is 10.6 Å². The number of amides is 2. The fourth-order valence-corrected chi connectivity index (χ4v) is 1.91. The molecule has 1 unspecified atom stereocenters. The zero-order valence-corrected chi connectivity index (χ0v) is 12.7. The molecule has 0 saturated heterocycles. The van der Waals surface area contributed by atoms with Crippen LogP contribution in [0.4, 0.5) is 4.79 Å². The number of aliphatic carboxylic acids is 2. The molecule has 0 aromatic carbocycles. The van der Waals surface area contributed by atoms with Gasteiger partial charge in [-0.05, 0) is 18.8 Å². The molecule has 0 aliphatic heterocycles. The summed E-state index contributed by atoms with van der Waals surface area (Å²) < 4.78 is 0. The lowest BCUT2D eigenvalue weighted by Crippen LogP contribution is -2.47. The number of carboxylic acid groups (broad SMARTS) is 2. The summed E-state index contributed by atoms with van der Waals surface area (Å²) in [5, 5.41) is 22.4. The lowest BCUT2D eigenvalue weighted by atomic mass is 9.99. The molecule has 0 radical (unpaired) electrons. The first kappa shape index (κ1) is 19.2. The van der Waals surface area contributed by atoms with Crippen molar-refractivity contribution in [2.75, 3.05) is 6.54 Å². The number of unbranched alkanes of at least 4 members (excludes halogenated alkanes) is 1. The Morgan fingerprint density at radius 1 is 1.10 bits per heavy atom. The quantitative estimate of drug-likeness (QED) is 0.464. The van der Waals surface area contributed by atoms with E-state index in [0.29, 0.717) is 12.5 Å². The SMILES string of the molecule is CCCCC(CC)CNC(=O)N[C@@H](CCC(=O)O)C(=O)O. The number of hydrogen-bond donors (Lipinski definition) is 4. The maximum atomic E-state index is 11.7. The van der Waals surface area contributed by atoms with E-state index in [1.54, 1.807) is 0 Å². The Kier molecular flexibility index (Phi) is 10.0. The van der Waals surface area contributed by atoms with Crippen LogP contribution in [0.25, 0.3) is 0 Å². The average molecular weight is 302 g/mol. The zero-order valence-electron chi connectivity index (χ0n) is 12.7. The van der Waals surface area contributed by atoms with Gasteiger partial charge in [0.1, 0.15) is 6.04 Å². The summed E-state index contributed by atoms with van der Waals surface area (Å²) in [6.45, 7) is 4.65. The third-order valence-electron chi connectivity index (χ3n) is 3.34. The van der Waals surface area contributed by atoms with Gasteiger partial charge in [0.2, 0.25) is 0 Å². The minimum Gasteiger partial charge on any atom is -0.481 e. The summed E-state index contributed by atoms with van der Waals surface area (Å²) in [4.78, 5) is 33.1. The normalized spacial score (nSPS) is 13.2. The molecule has 7 heteroatoms. The van der Waals surface area contributed by atoms with Crippen LogP contribution in [0.3, 0.4) is 0 Å². The van der Waals surface area contributed by atoms with Crippen LogP contribution >= 0.6 is 0 Å². The van der Waals surface area contributed by atoms with Crippen LogP contribution in [0.1, 0.15) is 52.4 Å². The first-order valence-corrected chi connectivity index (χ1v) is 7.39. The Morgan fingerprint density at radius 3 is 2.24 bits per heavy atom. The van der Waals surface area contributed by atoms with E-state index in [4.69, 9.17) is 10.2 Å². The number of nitrogens with one attached hydrogen (secondary N) is 2. The lowest BCUT2D eigenvalue weighted by molar-refractivity contribution is -0.140. The molecule has 21 heavy (non-hydrogen) atoms. The molecule has 0 bridgehead atoms. The fraction of sp³-hybridized carbons (Fsp3) is 0.786. The first-order chi connectivity index (χ1) is 9.90. The molecule has 0 aliphatic rings. The molecule has 0 aliphatic carbocycles. The highest BCUT2D eigenvalue weighted by Crippen LogP contribution is 2.11. The van der Waals surface area contributed by atoms with Crippen LogP contribution in [-0.4, -0.2) is 40.8 Å². The van der Waals surface area contributed by atoms with Gasteiger partial charge in [0.15, 0.2) is 0 Å². The second-order valence-corrected chi connectivity index (χ2v) is 5.09. The molecule has 2 amide bonds. The molecule has 0 spiro atoms. The van der Waals surface area contributed by atoms with Crippen molar-refractivity contribution in [3.8, 4) is 0 Å². The van der Waals surface area contributed by atoms with E-state index in [-0.39, 0.29) is 12.8 Å². The highest BCUT2D eigenvalue weighted by molar-refractivity contribution is 5.82. The number of carbonyl (C=O) groups is 3. The van der Waals surface area contributed by atoms with Gasteiger partial charge in [-0.2, -0.15) is 0 Å². The van der Waals surface area contributed by atoms with E-state index in [1.807, 2.05) is 6.92 Å². The summed E-state index contributed by atoms with van der Waals surface area (Å²) in [6.07, 6.45) is 3.73. The number of hydrogen-bond acceptors (Lipinski definition) is 3. The molecule has 0 aromatic heterocycles. The smallest absolute Gasteiger partial charge is 0.326 e. The van der Waals surface area contributed by atoms with Crippen molar-refractivity contribution >= 4 is 18.0 Å². The van der Waals surface area contributed by atoms with Crippen LogP contribution in [0.2, 0.25) is 0 Å². The van der Waals surface area contributed by atoms with Gasteiger partial charge in [-0.1, -0.05) is 33.1 Å². The van der Waals surface area contributed by atoms with E-state index in [2.05, 4.69) is 17.6 Å². The molecular formula is C14H26N2O5. The van der Waals surface area contributed by atoms with E-state index in [0.717, 1.165) is 25.7 Å². The summed E-state index contributed by atoms with van der Waals surface area (Å²) in [5.41, 5.74) is 0. The lowest BCUT2D eigenvalue weighted by Gasteiger charge is -2.18. The molecule has 4 N–H and O–H groups in total. The Labute approximate surface area is 125 Å². The number of rotatable bonds is 11. The van der Waals surface area contributed by atoms with Crippen molar-refractivity contribution in [1.29, 1.82) is 0 Å². The highest BCUT2D eigenvalue weighted by Gasteiger charge is 2.21. The summed E-state index contributed by atoms with van der Waals surface area (Å²) in [7, 11) is 0. The van der Waals surface area contributed by atoms with Gasteiger partial charge >= 0.3 is 18.0 Å². The molecule has 122 valence electrons. The standard InChI is InChI=1S/C14H26N2O5/c1-3-5-6-10(4-2)9-15-14(21)16-11(13(19)20)7-8-12(17)18/h10-11H,3-9H2,1-2H3,(H,17,18)(H,19,20)(H2,15,16,21)/t10?,11-/m0/s1. The van der Waals surface area contributed by atoms with Gasteiger partial charge < -0.3 is 20.8 Å². The molecule has 0 rings (SSSR count). The Bertz CT molecular complexity index is 346. The van der Waals surface area contributed by atoms with Crippen molar-refractivity contribution < 1.29 is 24.6 Å². The topological polar surface area (TPSA) is 116 Å². The minimum absolute atomic E-state index is 0.134. The minimum atomic E-state index is -1.23. The van der Waals surface area contributed by atoms with Crippen LogP contribution in [-0.2, 0) is 9.59 Å². The fourth-order valence-electron chi connectivity index (χ4n) is 1.91. The summed E-state index contributed by atoms with van der Waals surface area (Å²) in [5.74, 6) is -1.95. The Morgan fingerprint density at radius 2 is 1.76 bits per heavy atom. The van der Waals surface area contributed by atoms with Crippen LogP contribution < -0.4 is 10.6 Å². The number of urea groups is 1. The van der Waals surface area contributed by atoms with Gasteiger partial charge in [0.25, 0.3) is 0 Å². The predicted molar refractivity (Wildman–Crippen MR) is 78.1 cm³/mol. The first-order valence-electron chi connectivity index (χ1n) is 7.39. The molecule has 0 fully saturated rings. The van der Waals surface area contributed by atoms with Gasteiger partial charge in [-0.3, -0.25) is 4.79 Å². The summed E-state index contributed by atoms with van der Waals surface area (Å²) in [6, 6.07) is -1.75. The van der Waals surface area contributed by atoms with Gasteiger partial charge in [-0.25, -0.2) is 9.59 Å². The third-order valence-corrected chi connectivity index (χ3v) is 3.34. The number of carbonyl (C=O) groups excluding carboxylic acids is 1. The Hall–Kier alpha value is -1.79. The molecule has 0 aromatic rings. The average Bonchev–Trinajstić information content (AvgIpc) is 2.43. The maximum absolute atomic E-state index is 11.7. The largest absolute Gasteiger partial charge is 0.481 e. The van der Waals surface area contributed by atoms with E-state index < -0.39 is 24.0 Å². The molecular weight excluding hydrogens is 276 g/mol. The predicted octanol–water partition coefficient (Wildman–Crippen LogP) is 1.82. The van der Waals surface area contributed by atoms with Crippen LogP contribution in [0.15, 0.2) is 0 Å². The van der Waals surface area contributed by atoms with Gasteiger partial charge in [0.05, 0.1) is 0 Å². The number of carboxylic acids is 2. The van der Waals surface area contributed by atoms with Crippen molar-refractivity contribution in [3.05, 3.63) is 0 Å².